The number of nitro benzene ring substituents is 1. The molecule has 1 heterocycles. The molecule has 1 aliphatic heterocycles. The molecule has 21 heavy (non-hydrogen) atoms. The van der Waals surface area contributed by atoms with Gasteiger partial charge in [0.15, 0.2) is 0 Å². The maximum absolute atomic E-state index is 11.1. The minimum atomic E-state index is -0.375. The Balaban J connectivity index is 1.85. The van der Waals surface area contributed by atoms with Crippen LogP contribution >= 0.6 is 15.9 Å². The summed E-state index contributed by atoms with van der Waals surface area (Å²) < 4.78 is 9.38. The summed E-state index contributed by atoms with van der Waals surface area (Å²) >= 11 is 3.16. The van der Waals surface area contributed by atoms with E-state index in [1.807, 2.05) is 18.2 Å². The number of benzene rings is 2. The number of halogens is 1. The van der Waals surface area contributed by atoms with Gasteiger partial charge in [0, 0.05) is 0 Å². The van der Waals surface area contributed by atoms with E-state index in [0.29, 0.717) is 16.6 Å². The number of fused-ring (bicyclic) bond motifs is 1. The average molecular weight is 412 g/mol. The van der Waals surface area contributed by atoms with E-state index in [9.17, 15) is 10.1 Å². The predicted octanol–water partition coefficient (Wildman–Crippen LogP) is 4.32. The molecule has 1 N–H and O–H groups in total. The molecule has 1 aliphatic rings. The first-order chi connectivity index (χ1) is 10.1. The zero-order valence-corrected chi connectivity index (χ0v) is 13.9. The fourth-order valence-corrected chi connectivity index (χ4v) is 3.50. The molecule has 0 unspecified atom stereocenters. The first-order valence-corrected chi connectivity index (χ1v) is 8.35. The van der Waals surface area contributed by atoms with Crippen molar-refractivity contribution < 1.29 is 4.92 Å². The van der Waals surface area contributed by atoms with Crippen LogP contribution in [0.15, 0.2) is 48.8 Å². The Morgan fingerprint density at radius 2 is 2.14 bits per heavy atom. The van der Waals surface area contributed by atoms with E-state index in [1.54, 1.807) is 12.1 Å². The quantitative estimate of drug-likeness (QED) is 0.394. The fraction of sp³-hybridized carbons (Fsp3) is 0.0769. The zero-order chi connectivity index (χ0) is 14.8. The van der Waals surface area contributed by atoms with E-state index in [0.717, 1.165) is 17.1 Å². The number of nitro groups is 1. The molecule has 0 bridgehead atoms. The number of rotatable bonds is 4. The number of hydrogen-bond acceptors (Lipinski definition) is 5. The van der Waals surface area contributed by atoms with E-state index in [4.69, 9.17) is 0 Å². The van der Waals surface area contributed by atoms with Gasteiger partial charge in [0.1, 0.15) is 0 Å². The van der Waals surface area contributed by atoms with Crippen LogP contribution in [0.1, 0.15) is 5.56 Å². The van der Waals surface area contributed by atoms with Crippen LogP contribution in [0.5, 0.6) is 0 Å². The number of nitrogens with one attached hydrogen (secondary N) is 1. The molecule has 6 nitrogen and oxygen atoms in total. The van der Waals surface area contributed by atoms with Crippen LogP contribution in [-0.2, 0) is 6.54 Å². The molecule has 2 aromatic carbocycles. The third-order valence-electron chi connectivity index (χ3n) is 3.00. The summed E-state index contributed by atoms with van der Waals surface area (Å²) in [5, 5.41) is 14.3. The first kappa shape index (κ1) is 14.2. The Morgan fingerprint density at radius 3 is 2.95 bits per heavy atom. The number of anilines is 1. The van der Waals surface area contributed by atoms with Crippen molar-refractivity contribution in [1.82, 2.24) is 0 Å². The standard InChI is InChI=1S/C13H9BrN4O2Se/c14-9-5-4-8(12(6-9)18(19)20)7-15-10-2-1-3-11-13(10)17-21-16-11/h1-6,15H,7H2. The van der Waals surface area contributed by atoms with Crippen molar-refractivity contribution in [3.05, 3.63) is 56.5 Å². The van der Waals surface area contributed by atoms with Crippen molar-refractivity contribution in [3.8, 4) is 0 Å². The molecular formula is C13H9BrN4O2Se. The van der Waals surface area contributed by atoms with Crippen LogP contribution in [0.3, 0.4) is 0 Å². The van der Waals surface area contributed by atoms with Crippen molar-refractivity contribution in [2.24, 2.45) is 7.92 Å². The van der Waals surface area contributed by atoms with Gasteiger partial charge in [-0.15, -0.1) is 0 Å². The van der Waals surface area contributed by atoms with Crippen LogP contribution in [0, 0.1) is 10.1 Å². The van der Waals surface area contributed by atoms with E-state index < -0.39 is 0 Å². The Hall–Kier alpha value is -1.76. The van der Waals surface area contributed by atoms with Gasteiger partial charge < -0.3 is 0 Å². The molecule has 0 spiro atoms. The second kappa shape index (κ2) is 5.93. The van der Waals surface area contributed by atoms with Crippen LogP contribution in [0.25, 0.3) is 0 Å². The van der Waals surface area contributed by atoms with Gasteiger partial charge in [-0.05, 0) is 0 Å². The SMILES string of the molecule is O=[N+]([O-])c1cc(Br)ccc1CNc1cccc2c1N=[Se]=N2. The molecule has 0 saturated heterocycles. The van der Waals surface area contributed by atoms with Gasteiger partial charge in [-0.2, -0.15) is 0 Å². The third kappa shape index (κ3) is 2.97. The zero-order valence-electron chi connectivity index (χ0n) is 10.6. The molecule has 0 saturated carbocycles. The third-order valence-corrected chi connectivity index (χ3v) is 4.63. The van der Waals surface area contributed by atoms with Gasteiger partial charge in [0.2, 0.25) is 0 Å². The van der Waals surface area contributed by atoms with Crippen molar-refractivity contribution in [2.45, 2.75) is 6.54 Å². The minimum absolute atomic E-state index is 0.0929. The van der Waals surface area contributed by atoms with Crippen molar-refractivity contribution >= 4 is 53.2 Å². The second-order valence-corrected chi connectivity index (χ2v) is 6.35. The number of nitrogens with zero attached hydrogens (tertiary/aromatic N) is 3. The molecule has 0 aromatic heterocycles. The van der Waals surface area contributed by atoms with Gasteiger partial charge in [-0.3, -0.25) is 0 Å². The molecule has 106 valence electrons. The van der Waals surface area contributed by atoms with Gasteiger partial charge in [-0.25, -0.2) is 0 Å². The molecule has 0 radical (unpaired) electrons. The first-order valence-electron chi connectivity index (χ1n) is 6.03. The molecule has 0 atom stereocenters. The van der Waals surface area contributed by atoms with Crippen molar-refractivity contribution in [1.29, 1.82) is 0 Å². The Kier molecular flexibility index (Phi) is 4.01. The summed E-state index contributed by atoms with van der Waals surface area (Å²) in [5.74, 6) is 0. The van der Waals surface area contributed by atoms with Gasteiger partial charge >= 0.3 is 135 Å². The van der Waals surface area contributed by atoms with Crippen molar-refractivity contribution in [2.75, 3.05) is 5.32 Å². The number of hydrogen-bond donors (Lipinski definition) is 1. The van der Waals surface area contributed by atoms with Crippen LogP contribution in [0.2, 0.25) is 0 Å². The maximum atomic E-state index is 11.1. The van der Waals surface area contributed by atoms with Crippen LogP contribution in [-0.4, -0.2) is 19.5 Å². The van der Waals surface area contributed by atoms with Gasteiger partial charge in [0.05, 0.1) is 0 Å². The summed E-state index contributed by atoms with van der Waals surface area (Å²) in [6.07, 6.45) is 0. The monoisotopic (exact) mass is 412 g/mol. The van der Waals surface area contributed by atoms with Crippen LogP contribution < -0.4 is 5.32 Å². The van der Waals surface area contributed by atoms with Crippen molar-refractivity contribution in [3.63, 3.8) is 0 Å². The predicted molar refractivity (Wildman–Crippen MR) is 84.5 cm³/mol. The van der Waals surface area contributed by atoms with E-state index in [1.165, 1.54) is 6.07 Å². The summed E-state index contributed by atoms with van der Waals surface area (Å²) in [4.78, 5) is 10.7. The summed E-state index contributed by atoms with van der Waals surface area (Å²) in [6.45, 7) is 0.364. The van der Waals surface area contributed by atoms with Crippen LogP contribution in [0.4, 0.5) is 22.7 Å². The normalized spacial score (nSPS) is 11.9. The Bertz CT molecular complexity index is 803. The Labute approximate surface area is 134 Å². The molecule has 3 rings (SSSR count). The van der Waals surface area contributed by atoms with Gasteiger partial charge in [-0.1, -0.05) is 0 Å². The topological polar surface area (TPSA) is 79.9 Å². The summed E-state index contributed by atoms with van der Waals surface area (Å²) in [7, 11) is 0. The van der Waals surface area contributed by atoms with E-state index >= 15 is 0 Å². The second-order valence-electron chi connectivity index (χ2n) is 4.32. The average Bonchev–Trinajstić information content (AvgIpc) is 2.94. The summed E-state index contributed by atoms with van der Waals surface area (Å²) in [6, 6.07) is 10.8. The molecule has 8 heteroatoms. The summed E-state index contributed by atoms with van der Waals surface area (Å²) in [5.41, 5.74) is 3.30. The van der Waals surface area contributed by atoms with E-state index in [-0.39, 0.29) is 25.2 Å². The molecule has 0 fully saturated rings. The molecule has 0 aliphatic carbocycles. The molecular weight excluding hydrogens is 403 g/mol. The molecule has 2 aromatic rings. The van der Waals surface area contributed by atoms with Gasteiger partial charge in [0.25, 0.3) is 0 Å². The fourth-order valence-electron chi connectivity index (χ4n) is 2.00. The molecule has 0 amide bonds. The Morgan fingerprint density at radius 1 is 1.29 bits per heavy atom. The van der Waals surface area contributed by atoms with E-state index in [2.05, 4.69) is 29.2 Å².